The minimum Gasteiger partial charge on any atom is -0.314 e. The normalized spacial score (nSPS) is 12.6. The van der Waals surface area contributed by atoms with Gasteiger partial charge in [-0.05, 0) is 38.8 Å². The number of nitrogens with zero attached hydrogens (tertiary/aromatic N) is 2. The molecular formula is C13H23N3O. The molecule has 0 saturated carbocycles. The average Bonchev–Trinajstić information content (AvgIpc) is 2.34. The first-order valence-corrected chi connectivity index (χ1v) is 6.49. The summed E-state index contributed by atoms with van der Waals surface area (Å²) in [5, 5.41) is 7.49. The number of aryl methyl sites for hydroxylation is 1. The van der Waals surface area contributed by atoms with Crippen molar-refractivity contribution in [3.63, 3.8) is 0 Å². The standard InChI is InChI=1S/C13H23N3O/c1-3-9-14-12(2)7-4-5-11-16-13(17)8-6-10-15-16/h6,8,10,12,14H,3-5,7,9,11H2,1-2H3. The van der Waals surface area contributed by atoms with Crippen molar-refractivity contribution >= 4 is 0 Å². The molecule has 0 aliphatic heterocycles. The Hall–Kier alpha value is -1.16. The number of rotatable bonds is 8. The molecule has 4 nitrogen and oxygen atoms in total. The first-order valence-electron chi connectivity index (χ1n) is 6.49. The van der Waals surface area contributed by atoms with Crippen molar-refractivity contribution in [1.29, 1.82) is 0 Å². The first kappa shape index (κ1) is 13.9. The SMILES string of the molecule is CCCNC(C)CCCCn1ncccc1=O. The maximum Gasteiger partial charge on any atom is 0.266 e. The van der Waals surface area contributed by atoms with Crippen LogP contribution in [0.25, 0.3) is 0 Å². The summed E-state index contributed by atoms with van der Waals surface area (Å²) in [4.78, 5) is 11.4. The smallest absolute Gasteiger partial charge is 0.266 e. The Morgan fingerprint density at radius 1 is 1.47 bits per heavy atom. The van der Waals surface area contributed by atoms with Gasteiger partial charge in [-0.15, -0.1) is 0 Å². The average molecular weight is 237 g/mol. The number of hydrogen-bond donors (Lipinski definition) is 1. The summed E-state index contributed by atoms with van der Waals surface area (Å²) in [5.74, 6) is 0. The van der Waals surface area contributed by atoms with E-state index in [0.29, 0.717) is 6.04 Å². The van der Waals surface area contributed by atoms with Gasteiger partial charge in [-0.1, -0.05) is 13.3 Å². The lowest BCUT2D eigenvalue weighted by Crippen LogP contribution is -2.26. The Morgan fingerprint density at radius 3 is 3.00 bits per heavy atom. The molecule has 1 heterocycles. The topological polar surface area (TPSA) is 46.9 Å². The van der Waals surface area contributed by atoms with Crippen LogP contribution < -0.4 is 10.9 Å². The Bertz CT molecular complexity index is 362. The zero-order valence-corrected chi connectivity index (χ0v) is 10.9. The highest BCUT2D eigenvalue weighted by Crippen LogP contribution is 2.01. The maximum atomic E-state index is 11.4. The van der Waals surface area contributed by atoms with Crippen molar-refractivity contribution in [3.05, 3.63) is 28.7 Å². The van der Waals surface area contributed by atoms with E-state index in [9.17, 15) is 4.79 Å². The third-order valence-electron chi connectivity index (χ3n) is 2.79. The summed E-state index contributed by atoms with van der Waals surface area (Å²) in [6.45, 7) is 6.19. The van der Waals surface area contributed by atoms with Crippen molar-refractivity contribution < 1.29 is 0 Å². The lowest BCUT2D eigenvalue weighted by atomic mass is 10.1. The van der Waals surface area contributed by atoms with Crippen LogP contribution in [0.2, 0.25) is 0 Å². The largest absolute Gasteiger partial charge is 0.314 e. The molecule has 1 N–H and O–H groups in total. The molecule has 0 amide bonds. The van der Waals surface area contributed by atoms with Gasteiger partial charge in [-0.25, -0.2) is 4.68 Å². The van der Waals surface area contributed by atoms with Crippen LogP contribution in [-0.2, 0) is 6.54 Å². The molecule has 0 spiro atoms. The molecule has 0 fully saturated rings. The molecule has 0 saturated heterocycles. The second-order valence-electron chi connectivity index (χ2n) is 4.44. The van der Waals surface area contributed by atoms with E-state index < -0.39 is 0 Å². The van der Waals surface area contributed by atoms with Gasteiger partial charge in [-0.2, -0.15) is 5.10 Å². The highest BCUT2D eigenvalue weighted by Gasteiger charge is 2.00. The van der Waals surface area contributed by atoms with Gasteiger partial charge in [0.2, 0.25) is 0 Å². The first-order chi connectivity index (χ1) is 8.24. The van der Waals surface area contributed by atoms with Gasteiger partial charge in [-0.3, -0.25) is 4.79 Å². The zero-order chi connectivity index (χ0) is 12.5. The molecule has 0 aliphatic carbocycles. The summed E-state index contributed by atoms with van der Waals surface area (Å²) in [6, 6.07) is 3.80. The van der Waals surface area contributed by atoms with Crippen molar-refractivity contribution in [2.45, 2.75) is 52.1 Å². The molecule has 0 bridgehead atoms. The summed E-state index contributed by atoms with van der Waals surface area (Å²) < 4.78 is 1.53. The van der Waals surface area contributed by atoms with E-state index in [1.165, 1.54) is 11.1 Å². The van der Waals surface area contributed by atoms with Gasteiger partial charge in [0.25, 0.3) is 5.56 Å². The highest BCUT2D eigenvalue weighted by molar-refractivity contribution is 4.84. The number of aromatic nitrogens is 2. The molecule has 1 unspecified atom stereocenters. The van der Waals surface area contributed by atoms with Gasteiger partial charge in [0.05, 0.1) is 0 Å². The van der Waals surface area contributed by atoms with E-state index in [1.807, 2.05) is 0 Å². The van der Waals surface area contributed by atoms with Crippen LogP contribution in [0.3, 0.4) is 0 Å². The second kappa shape index (κ2) is 8.01. The van der Waals surface area contributed by atoms with Gasteiger partial charge in [0.1, 0.15) is 0 Å². The van der Waals surface area contributed by atoms with Crippen LogP contribution in [0.1, 0.15) is 39.5 Å². The third kappa shape index (κ3) is 5.63. The summed E-state index contributed by atoms with van der Waals surface area (Å²) in [7, 11) is 0. The van der Waals surface area contributed by atoms with Crippen LogP contribution in [0.15, 0.2) is 23.1 Å². The summed E-state index contributed by atoms with van der Waals surface area (Å²) in [5.41, 5.74) is -0.00958. The molecule has 1 aromatic rings. The van der Waals surface area contributed by atoms with Crippen molar-refractivity contribution in [1.82, 2.24) is 15.1 Å². The number of nitrogens with one attached hydrogen (secondary N) is 1. The molecule has 0 aliphatic rings. The maximum absolute atomic E-state index is 11.4. The van der Waals surface area contributed by atoms with Gasteiger partial charge in [0.15, 0.2) is 0 Å². The minimum absolute atomic E-state index is 0.00958. The molecular weight excluding hydrogens is 214 g/mol. The van der Waals surface area contributed by atoms with Crippen LogP contribution in [0.4, 0.5) is 0 Å². The van der Waals surface area contributed by atoms with E-state index >= 15 is 0 Å². The molecule has 4 heteroatoms. The predicted octanol–water partition coefficient (Wildman–Crippen LogP) is 1.80. The lowest BCUT2D eigenvalue weighted by Gasteiger charge is -2.12. The van der Waals surface area contributed by atoms with Crippen LogP contribution in [0, 0.1) is 0 Å². The molecule has 1 aromatic heterocycles. The fourth-order valence-electron chi connectivity index (χ4n) is 1.76. The quantitative estimate of drug-likeness (QED) is 0.701. The third-order valence-corrected chi connectivity index (χ3v) is 2.79. The monoisotopic (exact) mass is 237 g/mol. The van der Waals surface area contributed by atoms with Crippen LogP contribution in [0.5, 0.6) is 0 Å². The van der Waals surface area contributed by atoms with Crippen LogP contribution in [-0.4, -0.2) is 22.4 Å². The fraction of sp³-hybridized carbons (Fsp3) is 0.692. The molecule has 1 rings (SSSR count). The van der Waals surface area contributed by atoms with E-state index in [2.05, 4.69) is 24.3 Å². The molecule has 96 valence electrons. The van der Waals surface area contributed by atoms with E-state index in [-0.39, 0.29) is 5.56 Å². The second-order valence-corrected chi connectivity index (χ2v) is 4.44. The predicted molar refractivity (Wildman–Crippen MR) is 70.1 cm³/mol. The van der Waals surface area contributed by atoms with Gasteiger partial charge in [0, 0.05) is 24.8 Å². The van der Waals surface area contributed by atoms with E-state index in [0.717, 1.165) is 32.4 Å². The van der Waals surface area contributed by atoms with Gasteiger partial charge < -0.3 is 5.32 Å². The summed E-state index contributed by atoms with van der Waals surface area (Å²) in [6.07, 6.45) is 6.12. The fourth-order valence-corrected chi connectivity index (χ4v) is 1.76. The Balaban J connectivity index is 2.16. The zero-order valence-electron chi connectivity index (χ0n) is 10.9. The lowest BCUT2D eigenvalue weighted by molar-refractivity contribution is 0.460. The summed E-state index contributed by atoms with van der Waals surface area (Å²) >= 11 is 0. The molecule has 0 aromatic carbocycles. The van der Waals surface area contributed by atoms with Crippen molar-refractivity contribution in [3.8, 4) is 0 Å². The number of unbranched alkanes of at least 4 members (excludes halogenated alkanes) is 1. The molecule has 0 radical (unpaired) electrons. The van der Waals surface area contributed by atoms with E-state index in [1.54, 1.807) is 18.3 Å². The minimum atomic E-state index is -0.00958. The highest BCUT2D eigenvalue weighted by atomic mass is 16.1. The van der Waals surface area contributed by atoms with Crippen LogP contribution >= 0.6 is 0 Å². The van der Waals surface area contributed by atoms with Crippen molar-refractivity contribution in [2.24, 2.45) is 0 Å². The van der Waals surface area contributed by atoms with E-state index in [4.69, 9.17) is 0 Å². The number of hydrogen-bond acceptors (Lipinski definition) is 3. The molecule has 17 heavy (non-hydrogen) atoms. The van der Waals surface area contributed by atoms with Crippen molar-refractivity contribution in [2.75, 3.05) is 6.54 Å². The molecule has 1 atom stereocenters. The Kier molecular flexibility index (Phi) is 6.55. The Morgan fingerprint density at radius 2 is 2.29 bits per heavy atom. The van der Waals surface area contributed by atoms with Gasteiger partial charge >= 0.3 is 0 Å². The Labute approximate surface area is 103 Å².